The van der Waals surface area contributed by atoms with E-state index in [1.165, 1.54) is 0 Å². The van der Waals surface area contributed by atoms with Gasteiger partial charge in [0, 0.05) is 0 Å². The summed E-state index contributed by atoms with van der Waals surface area (Å²) < 4.78 is 5.51. The third-order valence-corrected chi connectivity index (χ3v) is 2.42. The molecule has 2 heteroatoms. The zero-order valence-electron chi connectivity index (χ0n) is 7.79. The zero-order valence-corrected chi connectivity index (χ0v) is 7.79. The Kier molecular flexibility index (Phi) is 2.00. The van der Waals surface area contributed by atoms with Crippen molar-refractivity contribution in [3.05, 3.63) is 29.8 Å². The molecular weight excluding hydrogens is 164 g/mol. The average molecular weight is 178 g/mol. The average Bonchev–Trinajstić information content (AvgIpc) is 2.83. The lowest BCUT2D eigenvalue weighted by molar-refractivity contribution is 0.0853. The van der Waals surface area contributed by atoms with E-state index in [0.29, 0.717) is 6.61 Å². The first-order valence-corrected chi connectivity index (χ1v) is 4.60. The van der Waals surface area contributed by atoms with Gasteiger partial charge in [0.05, 0.1) is 5.60 Å². The second-order valence-electron chi connectivity index (χ2n) is 3.78. The first-order valence-electron chi connectivity index (χ1n) is 4.60. The summed E-state index contributed by atoms with van der Waals surface area (Å²) in [6, 6.07) is 7.86. The maximum absolute atomic E-state index is 9.56. The zero-order chi connectivity index (χ0) is 9.31. The van der Waals surface area contributed by atoms with Crippen molar-refractivity contribution >= 4 is 0 Å². The number of para-hydroxylation sites is 1. The van der Waals surface area contributed by atoms with E-state index >= 15 is 0 Å². The largest absolute Gasteiger partial charge is 0.490 e. The lowest BCUT2D eigenvalue weighted by Gasteiger charge is -2.11. The van der Waals surface area contributed by atoms with Gasteiger partial charge in [-0.15, -0.1) is 0 Å². The van der Waals surface area contributed by atoms with E-state index in [0.717, 1.165) is 24.2 Å². The van der Waals surface area contributed by atoms with Crippen LogP contribution in [0.3, 0.4) is 0 Å². The highest BCUT2D eigenvalue weighted by Gasteiger charge is 2.41. The van der Waals surface area contributed by atoms with Crippen molar-refractivity contribution in [2.45, 2.75) is 25.4 Å². The van der Waals surface area contributed by atoms with Crippen LogP contribution in [0, 0.1) is 6.92 Å². The first-order chi connectivity index (χ1) is 6.20. The van der Waals surface area contributed by atoms with Crippen LogP contribution in [0.25, 0.3) is 0 Å². The molecule has 0 bridgehead atoms. The van der Waals surface area contributed by atoms with Crippen LogP contribution in [0.2, 0.25) is 0 Å². The first kappa shape index (κ1) is 8.57. The molecule has 0 heterocycles. The van der Waals surface area contributed by atoms with Crippen molar-refractivity contribution < 1.29 is 9.84 Å². The number of rotatable bonds is 3. The van der Waals surface area contributed by atoms with Gasteiger partial charge >= 0.3 is 0 Å². The molecule has 1 saturated carbocycles. The van der Waals surface area contributed by atoms with Crippen molar-refractivity contribution in [3.63, 3.8) is 0 Å². The quantitative estimate of drug-likeness (QED) is 0.766. The maximum Gasteiger partial charge on any atom is 0.122 e. The van der Waals surface area contributed by atoms with E-state index in [-0.39, 0.29) is 0 Å². The van der Waals surface area contributed by atoms with Gasteiger partial charge < -0.3 is 9.84 Å². The number of hydrogen-bond acceptors (Lipinski definition) is 2. The second kappa shape index (κ2) is 3.04. The topological polar surface area (TPSA) is 29.5 Å². The van der Waals surface area contributed by atoms with Gasteiger partial charge in [0.25, 0.3) is 0 Å². The molecule has 0 amide bonds. The molecule has 0 unspecified atom stereocenters. The number of benzene rings is 1. The lowest BCUT2D eigenvalue weighted by Crippen LogP contribution is -2.18. The van der Waals surface area contributed by atoms with E-state index in [9.17, 15) is 5.11 Å². The van der Waals surface area contributed by atoms with Crippen LogP contribution in [-0.4, -0.2) is 17.3 Å². The van der Waals surface area contributed by atoms with Crippen LogP contribution < -0.4 is 4.74 Å². The summed E-state index contributed by atoms with van der Waals surface area (Å²) in [5, 5.41) is 9.56. The number of hydrogen-bond donors (Lipinski definition) is 1. The summed E-state index contributed by atoms with van der Waals surface area (Å²) in [5.74, 6) is 0.878. The molecule has 1 aliphatic carbocycles. The fourth-order valence-corrected chi connectivity index (χ4v) is 1.22. The van der Waals surface area contributed by atoms with Crippen LogP contribution in [0.4, 0.5) is 0 Å². The van der Waals surface area contributed by atoms with Crippen molar-refractivity contribution in [2.24, 2.45) is 0 Å². The van der Waals surface area contributed by atoms with Crippen LogP contribution in [0.5, 0.6) is 5.75 Å². The van der Waals surface area contributed by atoms with Crippen LogP contribution in [0.1, 0.15) is 18.4 Å². The SMILES string of the molecule is Cc1ccccc1OCC1(O)CC1. The summed E-state index contributed by atoms with van der Waals surface area (Å²) in [4.78, 5) is 0. The van der Waals surface area contributed by atoms with Gasteiger partial charge in [-0.3, -0.25) is 0 Å². The van der Waals surface area contributed by atoms with Gasteiger partial charge in [0.1, 0.15) is 12.4 Å². The van der Waals surface area contributed by atoms with Gasteiger partial charge in [0.15, 0.2) is 0 Å². The molecule has 13 heavy (non-hydrogen) atoms. The number of aliphatic hydroxyl groups is 1. The molecule has 0 atom stereocenters. The molecule has 2 rings (SSSR count). The minimum absolute atomic E-state index is 0.428. The van der Waals surface area contributed by atoms with Crippen molar-refractivity contribution in [1.82, 2.24) is 0 Å². The molecule has 0 saturated heterocycles. The van der Waals surface area contributed by atoms with Crippen LogP contribution >= 0.6 is 0 Å². The summed E-state index contributed by atoms with van der Waals surface area (Å²) in [7, 11) is 0. The highest BCUT2D eigenvalue weighted by Crippen LogP contribution is 2.35. The fraction of sp³-hybridized carbons (Fsp3) is 0.455. The Hall–Kier alpha value is -1.02. The molecule has 0 aromatic heterocycles. The molecule has 1 fully saturated rings. The molecule has 0 radical (unpaired) electrons. The fourth-order valence-electron chi connectivity index (χ4n) is 1.22. The lowest BCUT2D eigenvalue weighted by atomic mass is 10.2. The summed E-state index contributed by atoms with van der Waals surface area (Å²) >= 11 is 0. The van der Waals surface area contributed by atoms with Gasteiger partial charge in [-0.05, 0) is 31.4 Å². The van der Waals surface area contributed by atoms with Crippen molar-refractivity contribution in [3.8, 4) is 5.75 Å². The van der Waals surface area contributed by atoms with Crippen LogP contribution in [0.15, 0.2) is 24.3 Å². The molecule has 70 valence electrons. The van der Waals surface area contributed by atoms with Gasteiger partial charge in [-0.25, -0.2) is 0 Å². The molecular formula is C11H14O2. The Morgan fingerprint density at radius 1 is 1.38 bits per heavy atom. The third-order valence-electron chi connectivity index (χ3n) is 2.42. The Bertz CT molecular complexity index is 303. The number of aryl methyl sites for hydroxylation is 1. The van der Waals surface area contributed by atoms with Crippen LogP contribution in [-0.2, 0) is 0 Å². The smallest absolute Gasteiger partial charge is 0.122 e. The molecule has 0 spiro atoms. The minimum atomic E-state index is -0.526. The van der Waals surface area contributed by atoms with E-state index in [1.807, 2.05) is 31.2 Å². The second-order valence-corrected chi connectivity index (χ2v) is 3.78. The molecule has 1 N–H and O–H groups in total. The normalized spacial score (nSPS) is 18.3. The van der Waals surface area contributed by atoms with E-state index in [1.54, 1.807) is 0 Å². The third kappa shape index (κ3) is 2.01. The van der Waals surface area contributed by atoms with Gasteiger partial charge in [-0.2, -0.15) is 0 Å². The Balaban J connectivity index is 1.97. The van der Waals surface area contributed by atoms with E-state index < -0.39 is 5.60 Å². The molecule has 1 aliphatic rings. The molecule has 2 nitrogen and oxygen atoms in total. The molecule has 1 aromatic rings. The molecule has 0 aliphatic heterocycles. The summed E-state index contributed by atoms with van der Waals surface area (Å²) in [6.45, 7) is 2.43. The van der Waals surface area contributed by atoms with Gasteiger partial charge in [-0.1, -0.05) is 18.2 Å². The monoisotopic (exact) mass is 178 g/mol. The van der Waals surface area contributed by atoms with Crippen molar-refractivity contribution in [2.75, 3.05) is 6.61 Å². The highest BCUT2D eigenvalue weighted by molar-refractivity contribution is 5.31. The maximum atomic E-state index is 9.56. The summed E-state index contributed by atoms with van der Waals surface area (Å²) in [5.41, 5.74) is 0.592. The van der Waals surface area contributed by atoms with E-state index in [4.69, 9.17) is 4.74 Å². The summed E-state index contributed by atoms with van der Waals surface area (Å²) in [6.07, 6.45) is 1.75. The van der Waals surface area contributed by atoms with E-state index in [2.05, 4.69) is 0 Å². The standard InChI is InChI=1S/C11H14O2/c1-9-4-2-3-5-10(9)13-8-11(12)6-7-11/h2-5,12H,6-8H2,1H3. The van der Waals surface area contributed by atoms with Gasteiger partial charge in [0.2, 0.25) is 0 Å². The highest BCUT2D eigenvalue weighted by atomic mass is 16.5. The predicted molar refractivity (Wildman–Crippen MR) is 50.9 cm³/mol. The predicted octanol–water partition coefficient (Wildman–Crippen LogP) is 1.90. The minimum Gasteiger partial charge on any atom is -0.490 e. The Morgan fingerprint density at radius 3 is 2.69 bits per heavy atom. The molecule has 1 aromatic carbocycles. The Labute approximate surface area is 78.2 Å². The number of ether oxygens (including phenoxy) is 1. The Morgan fingerprint density at radius 2 is 2.08 bits per heavy atom. The van der Waals surface area contributed by atoms with Crippen molar-refractivity contribution in [1.29, 1.82) is 0 Å².